The van der Waals surface area contributed by atoms with E-state index >= 15 is 0 Å². The molecule has 0 aromatic carbocycles. The summed E-state index contributed by atoms with van der Waals surface area (Å²) in [5.41, 5.74) is 1.38. The summed E-state index contributed by atoms with van der Waals surface area (Å²) in [5.74, 6) is 1.78. The second kappa shape index (κ2) is 8.49. The van der Waals surface area contributed by atoms with Crippen LogP contribution in [-0.2, 0) is 4.74 Å². The molecule has 2 fully saturated rings. The predicted octanol–water partition coefficient (Wildman–Crippen LogP) is 5.04. The number of hydrogen-bond donors (Lipinski definition) is 0. The fourth-order valence-electron chi connectivity index (χ4n) is 4.23. The lowest BCUT2D eigenvalue weighted by Gasteiger charge is -2.25. The summed E-state index contributed by atoms with van der Waals surface area (Å²) >= 11 is 0. The zero-order valence-corrected chi connectivity index (χ0v) is 15.3. The lowest BCUT2D eigenvalue weighted by atomic mass is 10.0. The Morgan fingerprint density at radius 2 is 1.77 bits per heavy atom. The van der Waals surface area contributed by atoms with Crippen LogP contribution in [0.5, 0.6) is 0 Å². The molecule has 3 unspecified atom stereocenters. The normalized spacial score (nSPS) is 30.0. The smallest absolute Gasteiger partial charge is 0.0585 e. The van der Waals surface area contributed by atoms with Gasteiger partial charge in [0, 0.05) is 19.1 Å². The van der Waals surface area contributed by atoms with Crippen LogP contribution in [0.2, 0.25) is 0 Å². The third-order valence-electron chi connectivity index (χ3n) is 5.78. The van der Waals surface area contributed by atoms with Crippen LogP contribution in [0, 0.1) is 11.8 Å². The molecule has 2 heteroatoms. The molecule has 0 aromatic heterocycles. The molecule has 1 aliphatic carbocycles. The molecular formula is C20H37NO. The Labute approximate surface area is 138 Å². The molecule has 1 saturated heterocycles. The van der Waals surface area contributed by atoms with Crippen molar-refractivity contribution in [3.05, 3.63) is 12.2 Å². The molecule has 2 aliphatic rings. The lowest BCUT2D eigenvalue weighted by Crippen LogP contribution is -2.30. The third-order valence-corrected chi connectivity index (χ3v) is 5.78. The van der Waals surface area contributed by atoms with Crippen molar-refractivity contribution in [2.45, 2.75) is 90.9 Å². The average Bonchev–Trinajstić information content (AvgIpc) is 3.02. The molecule has 0 radical (unpaired) electrons. The van der Waals surface area contributed by atoms with E-state index in [1.807, 2.05) is 0 Å². The molecule has 1 heterocycles. The summed E-state index contributed by atoms with van der Waals surface area (Å²) in [4.78, 5) is 2.65. The van der Waals surface area contributed by atoms with Crippen LogP contribution in [0.4, 0.5) is 0 Å². The highest BCUT2D eigenvalue weighted by Gasteiger charge is 2.42. The molecule has 0 bridgehead atoms. The first kappa shape index (κ1) is 18.0. The van der Waals surface area contributed by atoms with Gasteiger partial charge in [-0.3, -0.25) is 0 Å². The summed E-state index contributed by atoms with van der Waals surface area (Å²) in [6.07, 6.45) is 9.43. The maximum Gasteiger partial charge on any atom is 0.0585 e. The number of nitrogens with zero attached hydrogens (tertiary/aromatic N) is 1. The van der Waals surface area contributed by atoms with E-state index in [4.69, 9.17) is 4.74 Å². The van der Waals surface area contributed by atoms with E-state index in [9.17, 15) is 0 Å². The highest BCUT2D eigenvalue weighted by molar-refractivity contribution is 4.95. The van der Waals surface area contributed by atoms with Crippen LogP contribution in [-0.4, -0.2) is 36.2 Å². The molecule has 128 valence electrons. The molecule has 0 amide bonds. The van der Waals surface area contributed by atoms with Crippen LogP contribution in [0.1, 0.15) is 72.6 Å². The van der Waals surface area contributed by atoms with Crippen molar-refractivity contribution >= 4 is 0 Å². The maximum absolute atomic E-state index is 6.52. The maximum atomic E-state index is 6.52. The molecule has 0 aromatic rings. The van der Waals surface area contributed by atoms with E-state index in [0.29, 0.717) is 18.2 Å². The summed E-state index contributed by atoms with van der Waals surface area (Å²) in [5, 5.41) is 0. The van der Waals surface area contributed by atoms with Gasteiger partial charge in [-0.25, -0.2) is 0 Å². The van der Waals surface area contributed by atoms with Crippen LogP contribution < -0.4 is 0 Å². The molecule has 1 aliphatic heterocycles. The standard InChI is InChI=1S/C20H37NO/c1-6-8-19(10-9-16(5)7-2)22-20-11-17-13-21(15(3)4)14-18(17)12-20/h15,17-20H,5-14H2,1-4H3. The van der Waals surface area contributed by atoms with Gasteiger partial charge in [0.2, 0.25) is 0 Å². The minimum absolute atomic E-state index is 0.457. The summed E-state index contributed by atoms with van der Waals surface area (Å²) < 4.78 is 6.52. The fourth-order valence-corrected chi connectivity index (χ4v) is 4.23. The first-order chi connectivity index (χ1) is 10.5. The summed E-state index contributed by atoms with van der Waals surface area (Å²) in [6.45, 7) is 15.9. The minimum atomic E-state index is 0.457. The SMILES string of the molecule is C=C(CC)CCC(CCC)OC1CC2CN(C(C)C)CC2C1. The van der Waals surface area contributed by atoms with E-state index in [-0.39, 0.29) is 0 Å². The second-order valence-electron chi connectivity index (χ2n) is 7.85. The monoisotopic (exact) mass is 307 g/mol. The largest absolute Gasteiger partial charge is 0.375 e. The summed E-state index contributed by atoms with van der Waals surface area (Å²) in [7, 11) is 0. The van der Waals surface area contributed by atoms with E-state index < -0.39 is 0 Å². The first-order valence-electron chi connectivity index (χ1n) is 9.59. The Balaban J connectivity index is 1.77. The van der Waals surface area contributed by atoms with Gasteiger partial charge in [-0.15, -0.1) is 0 Å². The Bertz CT molecular complexity index is 338. The van der Waals surface area contributed by atoms with Gasteiger partial charge in [0.05, 0.1) is 12.2 Å². The minimum Gasteiger partial charge on any atom is -0.375 e. The van der Waals surface area contributed by atoms with Gasteiger partial charge < -0.3 is 9.64 Å². The zero-order valence-electron chi connectivity index (χ0n) is 15.3. The van der Waals surface area contributed by atoms with E-state index in [1.54, 1.807) is 0 Å². The highest BCUT2D eigenvalue weighted by Crippen LogP contribution is 2.40. The molecule has 0 spiro atoms. The Hall–Kier alpha value is -0.340. The second-order valence-corrected chi connectivity index (χ2v) is 7.85. The van der Waals surface area contributed by atoms with Crippen molar-refractivity contribution in [1.29, 1.82) is 0 Å². The van der Waals surface area contributed by atoms with Gasteiger partial charge in [-0.1, -0.05) is 32.4 Å². The Morgan fingerprint density at radius 1 is 1.14 bits per heavy atom. The van der Waals surface area contributed by atoms with Gasteiger partial charge in [0.1, 0.15) is 0 Å². The number of rotatable bonds is 9. The van der Waals surface area contributed by atoms with Gasteiger partial charge in [0.15, 0.2) is 0 Å². The predicted molar refractivity (Wildman–Crippen MR) is 95.2 cm³/mol. The van der Waals surface area contributed by atoms with Crippen LogP contribution in [0.3, 0.4) is 0 Å². The Morgan fingerprint density at radius 3 is 2.27 bits per heavy atom. The van der Waals surface area contributed by atoms with E-state index in [2.05, 4.69) is 39.2 Å². The fraction of sp³-hybridized carbons (Fsp3) is 0.900. The van der Waals surface area contributed by atoms with Crippen LogP contribution >= 0.6 is 0 Å². The number of likely N-dealkylation sites (tertiary alicyclic amines) is 1. The van der Waals surface area contributed by atoms with Crippen molar-refractivity contribution in [2.75, 3.05) is 13.1 Å². The number of ether oxygens (including phenoxy) is 1. The van der Waals surface area contributed by atoms with Crippen molar-refractivity contribution in [3.63, 3.8) is 0 Å². The van der Waals surface area contributed by atoms with Crippen molar-refractivity contribution in [3.8, 4) is 0 Å². The van der Waals surface area contributed by atoms with Crippen LogP contribution in [0.25, 0.3) is 0 Å². The quantitative estimate of drug-likeness (QED) is 0.553. The third kappa shape index (κ3) is 4.83. The molecule has 3 atom stereocenters. The number of hydrogen-bond acceptors (Lipinski definition) is 2. The van der Waals surface area contributed by atoms with Crippen LogP contribution in [0.15, 0.2) is 12.2 Å². The molecule has 0 N–H and O–H groups in total. The van der Waals surface area contributed by atoms with E-state index in [1.165, 1.54) is 50.8 Å². The molecular weight excluding hydrogens is 270 g/mol. The van der Waals surface area contributed by atoms with Crippen molar-refractivity contribution in [1.82, 2.24) is 4.90 Å². The highest BCUT2D eigenvalue weighted by atomic mass is 16.5. The number of fused-ring (bicyclic) bond motifs is 1. The molecule has 22 heavy (non-hydrogen) atoms. The average molecular weight is 308 g/mol. The molecule has 2 rings (SSSR count). The number of allylic oxidation sites excluding steroid dienone is 1. The first-order valence-corrected chi connectivity index (χ1v) is 9.59. The van der Waals surface area contributed by atoms with Gasteiger partial charge in [-0.05, 0) is 64.2 Å². The Kier molecular flexibility index (Phi) is 6.95. The molecule has 1 saturated carbocycles. The lowest BCUT2D eigenvalue weighted by molar-refractivity contribution is -0.0221. The van der Waals surface area contributed by atoms with Gasteiger partial charge in [-0.2, -0.15) is 0 Å². The van der Waals surface area contributed by atoms with Gasteiger partial charge >= 0.3 is 0 Å². The van der Waals surface area contributed by atoms with Gasteiger partial charge in [0.25, 0.3) is 0 Å². The topological polar surface area (TPSA) is 12.5 Å². The molecule has 2 nitrogen and oxygen atoms in total. The van der Waals surface area contributed by atoms with Crippen molar-refractivity contribution in [2.24, 2.45) is 11.8 Å². The van der Waals surface area contributed by atoms with Crippen molar-refractivity contribution < 1.29 is 4.74 Å². The summed E-state index contributed by atoms with van der Waals surface area (Å²) in [6, 6.07) is 0.706. The van der Waals surface area contributed by atoms with E-state index in [0.717, 1.165) is 24.7 Å². The zero-order chi connectivity index (χ0) is 16.1.